The Balaban J connectivity index is 1.74. The lowest BCUT2D eigenvalue weighted by Crippen LogP contribution is -2.56. The van der Waals surface area contributed by atoms with Gasteiger partial charge < -0.3 is 15.5 Å². The number of likely N-dealkylation sites (N-methyl/N-ethyl adjacent to an activating group) is 2. The second-order valence-corrected chi connectivity index (χ2v) is 7.19. The second kappa shape index (κ2) is 8.73. The molecule has 0 radical (unpaired) electrons. The Bertz CT molecular complexity index is 348. The molecule has 2 amide bonds. The summed E-state index contributed by atoms with van der Waals surface area (Å²) in [5, 5.41) is 6.33. The van der Waals surface area contributed by atoms with Crippen molar-refractivity contribution in [2.45, 2.75) is 57.5 Å². The van der Waals surface area contributed by atoms with Gasteiger partial charge in [-0.1, -0.05) is 26.2 Å². The minimum Gasteiger partial charge on any atom is -0.337 e. The zero-order chi connectivity index (χ0) is 15.9. The minimum atomic E-state index is 0.0228. The fourth-order valence-electron chi connectivity index (χ4n) is 3.87. The fourth-order valence-corrected chi connectivity index (χ4v) is 3.87. The molecule has 0 aromatic rings. The summed E-state index contributed by atoms with van der Waals surface area (Å²) in [5.74, 6) is 0.674. The van der Waals surface area contributed by atoms with E-state index in [0.29, 0.717) is 18.0 Å². The van der Waals surface area contributed by atoms with Gasteiger partial charge in [-0.25, -0.2) is 4.79 Å². The average molecular weight is 310 g/mol. The molecule has 2 fully saturated rings. The summed E-state index contributed by atoms with van der Waals surface area (Å²) in [6, 6.07) is 0.817. The van der Waals surface area contributed by atoms with E-state index in [9.17, 15) is 4.79 Å². The standard InChI is InChI=1S/C17H34N4O/c1-4-7-14-8-5-6-9-16(14)19-17(22)18-12-15-13-20(2)10-11-21(15)3/h14-16H,4-13H2,1-3H3,(H2,18,19,22)/t14-,15+,16+/m1/s1. The molecule has 0 spiro atoms. The largest absolute Gasteiger partial charge is 0.337 e. The summed E-state index contributed by atoms with van der Waals surface area (Å²) in [6.07, 6.45) is 7.44. The van der Waals surface area contributed by atoms with Gasteiger partial charge in [-0.05, 0) is 39.3 Å². The number of urea groups is 1. The lowest BCUT2D eigenvalue weighted by atomic mass is 9.82. The summed E-state index contributed by atoms with van der Waals surface area (Å²) < 4.78 is 0. The minimum absolute atomic E-state index is 0.0228. The van der Waals surface area contributed by atoms with Crippen LogP contribution in [-0.4, -0.2) is 68.2 Å². The molecule has 3 atom stereocenters. The average Bonchev–Trinajstić information content (AvgIpc) is 2.50. The lowest BCUT2D eigenvalue weighted by molar-refractivity contribution is 0.114. The highest BCUT2D eigenvalue weighted by Crippen LogP contribution is 2.27. The topological polar surface area (TPSA) is 47.6 Å². The third kappa shape index (κ3) is 5.13. The first-order chi connectivity index (χ1) is 10.6. The van der Waals surface area contributed by atoms with Gasteiger partial charge in [-0.3, -0.25) is 4.90 Å². The van der Waals surface area contributed by atoms with Crippen LogP contribution in [0.2, 0.25) is 0 Å². The van der Waals surface area contributed by atoms with Crippen molar-refractivity contribution in [1.29, 1.82) is 0 Å². The molecule has 0 aromatic heterocycles. The second-order valence-electron chi connectivity index (χ2n) is 7.19. The Labute approximate surface area is 135 Å². The lowest BCUT2D eigenvalue weighted by Gasteiger charge is -2.38. The number of carbonyl (C=O) groups is 1. The quantitative estimate of drug-likeness (QED) is 0.815. The van der Waals surface area contributed by atoms with Gasteiger partial charge in [0.15, 0.2) is 0 Å². The number of hydrogen-bond donors (Lipinski definition) is 2. The molecule has 5 nitrogen and oxygen atoms in total. The smallest absolute Gasteiger partial charge is 0.315 e. The third-order valence-corrected chi connectivity index (χ3v) is 5.36. The molecule has 0 aromatic carbocycles. The van der Waals surface area contributed by atoms with E-state index in [0.717, 1.165) is 32.6 Å². The first kappa shape index (κ1) is 17.5. The van der Waals surface area contributed by atoms with Gasteiger partial charge in [0, 0.05) is 38.3 Å². The van der Waals surface area contributed by atoms with Crippen molar-refractivity contribution in [3.05, 3.63) is 0 Å². The summed E-state index contributed by atoms with van der Waals surface area (Å²) >= 11 is 0. The van der Waals surface area contributed by atoms with Crippen molar-refractivity contribution in [3.8, 4) is 0 Å². The summed E-state index contributed by atoms with van der Waals surface area (Å²) in [5.41, 5.74) is 0. The normalized spacial score (nSPS) is 31.0. The Morgan fingerprint density at radius 1 is 1.18 bits per heavy atom. The van der Waals surface area contributed by atoms with Crippen molar-refractivity contribution in [1.82, 2.24) is 20.4 Å². The molecular formula is C17H34N4O. The molecule has 1 aliphatic heterocycles. The zero-order valence-electron chi connectivity index (χ0n) is 14.6. The maximum absolute atomic E-state index is 12.2. The first-order valence-corrected chi connectivity index (χ1v) is 9.03. The zero-order valence-corrected chi connectivity index (χ0v) is 14.6. The van der Waals surface area contributed by atoms with Gasteiger partial charge in [-0.15, -0.1) is 0 Å². The number of nitrogens with one attached hydrogen (secondary N) is 2. The van der Waals surface area contributed by atoms with Crippen LogP contribution in [0.25, 0.3) is 0 Å². The van der Waals surface area contributed by atoms with Crippen LogP contribution in [-0.2, 0) is 0 Å². The van der Waals surface area contributed by atoms with Crippen LogP contribution in [0, 0.1) is 5.92 Å². The number of nitrogens with zero attached hydrogens (tertiary/aromatic N) is 2. The molecular weight excluding hydrogens is 276 g/mol. The van der Waals surface area contributed by atoms with Crippen LogP contribution < -0.4 is 10.6 Å². The predicted molar refractivity (Wildman–Crippen MR) is 91.1 cm³/mol. The summed E-state index contributed by atoms with van der Waals surface area (Å²) in [7, 11) is 4.30. The van der Waals surface area contributed by atoms with Crippen molar-refractivity contribution in [3.63, 3.8) is 0 Å². The maximum atomic E-state index is 12.2. The van der Waals surface area contributed by atoms with Crippen LogP contribution in [0.15, 0.2) is 0 Å². The van der Waals surface area contributed by atoms with E-state index in [1.54, 1.807) is 0 Å². The molecule has 1 saturated heterocycles. The number of rotatable bonds is 5. The highest BCUT2D eigenvalue weighted by atomic mass is 16.2. The fraction of sp³-hybridized carbons (Fsp3) is 0.941. The molecule has 1 aliphatic carbocycles. The molecule has 0 bridgehead atoms. The molecule has 1 heterocycles. The van der Waals surface area contributed by atoms with Crippen molar-refractivity contribution in [2.24, 2.45) is 5.92 Å². The third-order valence-electron chi connectivity index (χ3n) is 5.36. The van der Waals surface area contributed by atoms with Crippen molar-refractivity contribution in [2.75, 3.05) is 40.3 Å². The van der Waals surface area contributed by atoms with E-state index in [2.05, 4.69) is 41.5 Å². The molecule has 2 rings (SSSR count). The van der Waals surface area contributed by atoms with Crippen LogP contribution in [0.3, 0.4) is 0 Å². The highest BCUT2D eigenvalue weighted by Gasteiger charge is 2.26. The van der Waals surface area contributed by atoms with Gasteiger partial charge in [0.1, 0.15) is 0 Å². The Kier molecular flexibility index (Phi) is 6.96. The Morgan fingerprint density at radius 2 is 1.95 bits per heavy atom. The van der Waals surface area contributed by atoms with Gasteiger partial charge in [-0.2, -0.15) is 0 Å². The number of amides is 2. The van der Waals surface area contributed by atoms with Crippen molar-refractivity contribution >= 4 is 6.03 Å². The number of piperazine rings is 1. The number of hydrogen-bond acceptors (Lipinski definition) is 3. The van der Waals surface area contributed by atoms with E-state index in [-0.39, 0.29) is 6.03 Å². The maximum Gasteiger partial charge on any atom is 0.315 e. The van der Waals surface area contributed by atoms with Crippen LogP contribution in [0.5, 0.6) is 0 Å². The van der Waals surface area contributed by atoms with Crippen molar-refractivity contribution < 1.29 is 4.79 Å². The van der Waals surface area contributed by atoms with Gasteiger partial charge in [0.05, 0.1) is 0 Å². The molecule has 128 valence electrons. The molecule has 2 N–H and O–H groups in total. The van der Waals surface area contributed by atoms with Crippen LogP contribution in [0.1, 0.15) is 45.4 Å². The molecule has 2 aliphatic rings. The van der Waals surface area contributed by atoms with E-state index < -0.39 is 0 Å². The van der Waals surface area contributed by atoms with E-state index in [1.807, 2.05) is 0 Å². The Hall–Kier alpha value is -0.810. The van der Waals surface area contributed by atoms with Gasteiger partial charge >= 0.3 is 6.03 Å². The summed E-state index contributed by atoms with van der Waals surface area (Å²) in [6.45, 7) is 6.18. The van der Waals surface area contributed by atoms with Gasteiger partial charge in [0.25, 0.3) is 0 Å². The predicted octanol–water partition coefficient (Wildman–Crippen LogP) is 1.89. The Morgan fingerprint density at radius 3 is 2.73 bits per heavy atom. The van der Waals surface area contributed by atoms with Gasteiger partial charge in [0.2, 0.25) is 0 Å². The van der Waals surface area contributed by atoms with E-state index >= 15 is 0 Å². The van der Waals surface area contributed by atoms with Crippen LogP contribution in [0.4, 0.5) is 4.79 Å². The molecule has 5 heteroatoms. The summed E-state index contributed by atoms with van der Waals surface area (Å²) in [4.78, 5) is 16.9. The molecule has 22 heavy (non-hydrogen) atoms. The van der Waals surface area contributed by atoms with Crippen LogP contribution >= 0.6 is 0 Å². The first-order valence-electron chi connectivity index (χ1n) is 9.03. The highest BCUT2D eigenvalue weighted by molar-refractivity contribution is 5.74. The number of carbonyl (C=O) groups excluding carboxylic acids is 1. The monoisotopic (exact) mass is 310 g/mol. The SMILES string of the molecule is CCC[C@@H]1CCCC[C@@H]1NC(=O)NC[C@H]1CN(C)CCN1C. The van der Waals surface area contributed by atoms with E-state index in [1.165, 1.54) is 32.1 Å². The van der Waals surface area contributed by atoms with E-state index in [4.69, 9.17) is 0 Å². The molecule has 1 saturated carbocycles. The molecule has 0 unspecified atom stereocenters.